The van der Waals surface area contributed by atoms with Crippen molar-refractivity contribution >= 4 is 38.7 Å². The molecule has 1 heterocycles. The standard InChI is InChI=1S/C12H12BrNO2S/c13-9-1-2-10-8(7-17-4-3-14)5-12(15)16-11(10)6-9/h1-2,5-6H,3-4,7,14H2. The van der Waals surface area contributed by atoms with Crippen molar-refractivity contribution in [2.75, 3.05) is 12.3 Å². The van der Waals surface area contributed by atoms with Crippen molar-refractivity contribution < 1.29 is 4.42 Å². The number of halogens is 1. The van der Waals surface area contributed by atoms with Crippen LogP contribution in [0.4, 0.5) is 0 Å². The lowest BCUT2D eigenvalue weighted by Gasteiger charge is -2.05. The molecule has 0 aliphatic carbocycles. The minimum absolute atomic E-state index is 0.307. The molecule has 0 spiro atoms. The molecule has 2 N–H and O–H groups in total. The summed E-state index contributed by atoms with van der Waals surface area (Å²) in [4.78, 5) is 11.4. The fourth-order valence-corrected chi connectivity index (χ4v) is 2.70. The van der Waals surface area contributed by atoms with E-state index in [1.807, 2.05) is 18.2 Å². The molecule has 0 saturated heterocycles. The Hall–Kier alpha value is -0.780. The van der Waals surface area contributed by atoms with Crippen molar-refractivity contribution in [1.29, 1.82) is 0 Å². The molecule has 0 atom stereocenters. The highest BCUT2D eigenvalue weighted by atomic mass is 79.9. The van der Waals surface area contributed by atoms with E-state index in [1.165, 1.54) is 0 Å². The van der Waals surface area contributed by atoms with E-state index in [4.69, 9.17) is 10.2 Å². The zero-order chi connectivity index (χ0) is 12.3. The smallest absolute Gasteiger partial charge is 0.336 e. The van der Waals surface area contributed by atoms with Crippen molar-refractivity contribution in [2.24, 2.45) is 5.73 Å². The number of hydrogen-bond donors (Lipinski definition) is 1. The van der Waals surface area contributed by atoms with Gasteiger partial charge in [-0.05, 0) is 23.8 Å². The van der Waals surface area contributed by atoms with Crippen LogP contribution in [0, 0.1) is 0 Å². The third kappa shape index (κ3) is 3.12. The Kier molecular flexibility index (Phi) is 4.25. The van der Waals surface area contributed by atoms with Crippen LogP contribution in [0.1, 0.15) is 5.56 Å². The lowest BCUT2D eigenvalue weighted by atomic mass is 10.1. The van der Waals surface area contributed by atoms with Gasteiger partial charge in [0.2, 0.25) is 0 Å². The number of rotatable bonds is 4. The van der Waals surface area contributed by atoms with Crippen molar-refractivity contribution in [1.82, 2.24) is 0 Å². The van der Waals surface area contributed by atoms with Crippen LogP contribution in [0.25, 0.3) is 11.0 Å². The molecule has 0 bridgehead atoms. The Morgan fingerprint density at radius 2 is 2.18 bits per heavy atom. The van der Waals surface area contributed by atoms with E-state index >= 15 is 0 Å². The molecule has 0 radical (unpaired) electrons. The maximum atomic E-state index is 11.4. The van der Waals surface area contributed by atoms with Crippen molar-refractivity contribution in [2.45, 2.75) is 5.75 Å². The van der Waals surface area contributed by atoms with Crippen LogP contribution in [0.15, 0.2) is 37.9 Å². The summed E-state index contributed by atoms with van der Waals surface area (Å²) in [7, 11) is 0. The van der Waals surface area contributed by atoms with Crippen LogP contribution in [0.5, 0.6) is 0 Å². The second kappa shape index (κ2) is 5.71. The first-order valence-corrected chi connectivity index (χ1v) is 7.15. The van der Waals surface area contributed by atoms with Gasteiger partial charge in [0.1, 0.15) is 5.58 Å². The van der Waals surface area contributed by atoms with E-state index in [-0.39, 0.29) is 5.63 Å². The SMILES string of the molecule is NCCSCc1cc(=O)oc2cc(Br)ccc12. The second-order valence-corrected chi connectivity index (χ2v) is 5.59. The van der Waals surface area contributed by atoms with Crippen LogP contribution in [-0.2, 0) is 5.75 Å². The maximum Gasteiger partial charge on any atom is 0.336 e. The van der Waals surface area contributed by atoms with E-state index in [0.717, 1.165) is 26.9 Å². The molecule has 0 fully saturated rings. The van der Waals surface area contributed by atoms with Gasteiger partial charge in [0.15, 0.2) is 0 Å². The van der Waals surface area contributed by atoms with Crippen molar-refractivity contribution in [3.05, 3.63) is 44.7 Å². The summed E-state index contributed by atoms with van der Waals surface area (Å²) < 4.78 is 6.07. The number of fused-ring (bicyclic) bond motifs is 1. The van der Waals surface area contributed by atoms with Crippen LogP contribution < -0.4 is 11.4 Å². The van der Waals surface area contributed by atoms with Gasteiger partial charge in [-0.25, -0.2) is 4.79 Å². The molecule has 2 aromatic rings. The lowest BCUT2D eigenvalue weighted by molar-refractivity contribution is 0.559. The molecular weight excluding hydrogens is 302 g/mol. The first kappa shape index (κ1) is 12.7. The summed E-state index contributed by atoms with van der Waals surface area (Å²) in [6.45, 7) is 0.648. The molecule has 2 rings (SSSR count). The van der Waals surface area contributed by atoms with E-state index in [9.17, 15) is 4.79 Å². The minimum Gasteiger partial charge on any atom is -0.423 e. The summed E-state index contributed by atoms with van der Waals surface area (Å²) in [6.07, 6.45) is 0. The highest BCUT2D eigenvalue weighted by Crippen LogP contribution is 2.24. The summed E-state index contributed by atoms with van der Waals surface area (Å²) in [6, 6.07) is 7.27. The van der Waals surface area contributed by atoms with Gasteiger partial charge in [0.05, 0.1) is 0 Å². The number of hydrogen-bond acceptors (Lipinski definition) is 4. The largest absolute Gasteiger partial charge is 0.423 e. The number of thioether (sulfide) groups is 1. The second-order valence-electron chi connectivity index (χ2n) is 3.57. The maximum absolute atomic E-state index is 11.4. The summed E-state index contributed by atoms with van der Waals surface area (Å²) in [5, 5.41) is 0.984. The number of benzene rings is 1. The van der Waals surface area contributed by atoms with E-state index in [2.05, 4.69) is 15.9 Å². The molecule has 90 valence electrons. The van der Waals surface area contributed by atoms with Gasteiger partial charge in [-0.2, -0.15) is 11.8 Å². The molecule has 0 saturated carbocycles. The molecule has 17 heavy (non-hydrogen) atoms. The summed E-state index contributed by atoms with van der Waals surface area (Å²) in [5.74, 6) is 1.67. The Labute approximate surface area is 112 Å². The quantitative estimate of drug-likeness (QED) is 0.696. The molecule has 0 aliphatic rings. The molecule has 1 aromatic carbocycles. The van der Waals surface area contributed by atoms with Crippen LogP contribution in [-0.4, -0.2) is 12.3 Å². The summed E-state index contributed by atoms with van der Waals surface area (Å²) >= 11 is 5.08. The Morgan fingerprint density at radius 1 is 1.35 bits per heavy atom. The van der Waals surface area contributed by atoms with Crippen LogP contribution >= 0.6 is 27.7 Å². The van der Waals surface area contributed by atoms with Crippen LogP contribution in [0.2, 0.25) is 0 Å². The van der Waals surface area contributed by atoms with Gasteiger partial charge in [0.25, 0.3) is 0 Å². The van der Waals surface area contributed by atoms with Crippen LogP contribution in [0.3, 0.4) is 0 Å². The Morgan fingerprint density at radius 3 is 2.94 bits per heavy atom. The topological polar surface area (TPSA) is 56.2 Å². The molecule has 0 aliphatic heterocycles. The van der Waals surface area contributed by atoms with Gasteiger partial charge < -0.3 is 10.2 Å². The zero-order valence-corrected chi connectivity index (χ0v) is 11.5. The van der Waals surface area contributed by atoms with E-state index in [0.29, 0.717) is 12.1 Å². The lowest BCUT2D eigenvalue weighted by Crippen LogP contribution is -2.03. The normalized spacial score (nSPS) is 10.9. The molecular formula is C12H12BrNO2S. The third-order valence-electron chi connectivity index (χ3n) is 2.31. The molecule has 0 amide bonds. The molecule has 1 aromatic heterocycles. The van der Waals surface area contributed by atoms with Gasteiger partial charge in [-0.1, -0.05) is 15.9 Å². The van der Waals surface area contributed by atoms with E-state index in [1.54, 1.807) is 17.8 Å². The predicted octanol–water partition coefficient (Wildman–Crippen LogP) is 2.75. The third-order valence-corrected chi connectivity index (χ3v) is 3.84. The number of nitrogens with two attached hydrogens (primary N) is 1. The predicted molar refractivity (Wildman–Crippen MR) is 75.4 cm³/mol. The summed E-state index contributed by atoms with van der Waals surface area (Å²) in [5.41, 5.74) is 6.76. The van der Waals surface area contributed by atoms with Crippen molar-refractivity contribution in [3.8, 4) is 0 Å². The van der Waals surface area contributed by atoms with Gasteiger partial charge in [-0.15, -0.1) is 0 Å². The van der Waals surface area contributed by atoms with Gasteiger partial charge in [0, 0.05) is 34.0 Å². The average Bonchev–Trinajstić information content (AvgIpc) is 2.28. The molecule has 5 heteroatoms. The van der Waals surface area contributed by atoms with Gasteiger partial charge >= 0.3 is 5.63 Å². The molecule has 3 nitrogen and oxygen atoms in total. The molecule has 0 unspecified atom stereocenters. The fraction of sp³-hybridized carbons (Fsp3) is 0.250. The highest BCUT2D eigenvalue weighted by Gasteiger charge is 2.05. The average molecular weight is 314 g/mol. The zero-order valence-electron chi connectivity index (χ0n) is 9.11. The Bertz CT molecular complexity index is 582. The van der Waals surface area contributed by atoms with Gasteiger partial charge in [-0.3, -0.25) is 0 Å². The first-order valence-electron chi connectivity index (χ1n) is 5.21. The highest BCUT2D eigenvalue weighted by molar-refractivity contribution is 9.10. The van der Waals surface area contributed by atoms with E-state index < -0.39 is 0 Å². The van der Waals surface area contributed by atoms with Crippen molar-refractivity contribution in [3.63, 3.8) is 0 Å². The monoisotopic (exact) mass is 313 g/mol. The Balaban J connectivity index is 2.43. The fourth-order valence-electron chi connectivity index (χ4n) is 1.59. The minimum atomic E-state index is -0.307. The first-order chi connectivity index (χ1) is 8.20.